The highest BCUT2D eigenvalue weighted by atomic mass is 32.2. The smallest absolute Gasteiger partial charge is 0.224 e. The number of aromatic nitrogens is 2. The molecule has 0 atom stereocenters. The second-order valence-electron chi connectivity index (χ2n) is 4.52. The van der Waals surface area contributed by atoms with Crippen LogP contribution in [0.25, 0.3) is 0 Å². The topological polar surface area (TPSA) is 72.9 Å². The third-order valence-electron chi connectivity index (χ3n) is 3.11. The van der Waals surface area contributed by atoms with Gasteiger partial charge in [-0.15, -0.1) is 0 Å². The molecule has 19 heavy (non-hydrogen) atoms. The predicted octanol–water partition coefficient (Wildman–Crippen LogP) is 2.04. The van der Waals surface area contributed by atoms with E-state index in [-0.39, 0.29) is 5.91 Å². The minimum Gasteiger partial charge on any atom is -0.398 e. The highest BCUT2D eigenvalue weighted by molar-refractivity contribution is 7.99. The number of amides is 1. The molecule has 0 bridgehead atoms. The number of anilines is 2. The summed E-state index contributed by atoms with van der Waals surface area (Å²) in [5.41, 5.74) is 8.67. The van der Waals surface area contributed by atoms with E-state index in [0.29, 0.717) is 12.1 Å². The summed E-state index contributed by atoms with van der Waals surface area (Å²) in [6.45, 7) is 0. The van der Waals surface area contributed by atoms with Crippen LogP contribution in [0.3, 0.4) is 0 Å². The fourth-order valence-electron chi connectivity index (χ4n) is 2.06. The van der Waals surface area contributed by atoms with E-state index in [0.717, 1.165) is 27.7 Å². The summed E-state index contributed by atoms with van der Waals surface area (Å²) < 4.78 is 1.95. The summed E-state index contributed by atoms with van der Waals surface area (Å²) in [5, 5.41) is 3.74. The van der Waals surface area contributed by atoms with E-state index in [2.05, 4.69) is 10.3 Å². The van der Waals surface area contributed by atoms with Crippen LogP contribution in [0.4, 0.5) is 11.4 Å². The minimum atomic E-state index is 0.0522. The number of imidazole rings is 1. The van der Waals surface area contributed by atoms with Crippen LogP contribution in [0.1, 0.15) is 12.0 Å². The van der Waals surface area contributed by atoms with E-state index < -0.39 is 0 Å². The van der Waals surface area contributed by atoms with E-state index in [9.17, 15) is 4.79 Å². The molecule has 2 aromatic rings. The molecule has 3 N–H and O–H groups in total. The summed E-state index contributed by atoms with van der Waals surface area (Å²) in [4.78, 5) is 16.6. The lowest BCUT2D eigenvalue weighted by Gasteiger charge is -2.18. The van der Waals surface area contributed by atoms with Gasteiger partial charge in [0.1, 0.15) is 0 Å². The third-order valence-corrected chi connectivity index (χ3v) is 4.26. The van der Waals surface area contributed by atoms with Gasteiger partial charge < -0.3 is 15.6 Å². The van der Waals surface area contributed by atoms with Crippen molar-refractivity contribution in [2.75, 3.05) is 11.1 Å². The van der Waals surface area contributed by atoms with Crippen molar-refractivity contribution in [1.82, 2.24) is 9.55 Å². The Labute approximate surface area is 115 Å². The quantitative estimate of drug-likeness (QED) is 0.822. The lowest BCUT2D eigenvalue weighted by molar-refractivity contribution is -0.116. The SMILES string of the molecule is Cn1ccnc1Sc1cc2c(cc1N)NC(=O)CC2. The van der Waals surface area contributed by atoms with Gasteiger partial charge in [-0.1, -0.05) is 0 Å². The molecular formula is C13H14N4OS. The van der Waals surface area contributed by atoms with Gasteiger partial charge in [-0.05, 0) is 35.9 Å². The Morgan fingerprint density at radius 1 is 1.42 bits per heavy atom. The zero-order valence-electron chi connectivity index (χ0n) is 10.5. The molecule has 6 heteroatoms. The Morgan fingerprint density at radius 3 is 3.00 bits per heavy atom. The van der Waals surface area contributed by atoms with E-state index in [1.807, 2.05) is 29.9 Å². The van der Waals surface area contributed by atoms with Gasteiger partial charge in [0, 0.05) is 42.1 Å². The van der Waals surface area contributed by atoms with Crippen molar-refractivity contribution in [1.29, 1.82) is 0 Å². The molecule has 1 amide bonds. The Kier molecular flexibility index (Phi) is 2.94. The second kappa shape index (κ2) is 4.62. The van der Waals surface area contributed by atoms with Crippen molar-refractivity contribution in [2.45, 2.75) is 22.9 Å². The predicted molar refractivity (Wildman–Crippen MR) is 75.1 cm³/mol. The summed E-state index contributed by atoms with van der Waals surface area (Å²) in [7, 11) is 1.95. The Balaban J connectivity index is 1.95. The van der Waals surface area contributed by atoms with Crippen LogP contribution < -0.4 is 11.1 Å². The van der Waals surface area contributed by atoms with Gasteiger partial charge in [-0.25, -0.2) is 4.98 Å². The lowest BCUT2D eigenvalue weighted by atomic mass is 10.0. The van der Waals surface area contributed by atoms with Crippen molar-refractivity contribution in [2.24, 2.45) is 7.05 Å². The van der Waals surface area contributed by atoms with Crippen LogP contribution in [0.15, 0.2) is 34.6 Å². The molecule has 0 saturated carbocycles. The lowest BCUT2D eigenvalue weighted by Crippen LogP contribution is -2.19. The van der Waals surface area contributed by atoms with Crippen LogP contribution in [-0.4, -0.2) is 15.5 Å². The Bertz CT molecular complexity index is 650. The van der Waals surface area contributed by atoms with E-state index in [4.69, 9.17) is 5.73 Å². The molecule has 0 radical (unpaired) electrons. The number of nitrogens with one attached hydrogen (secondary N) is 1. The van der Waals surface area contributed by atoms with Gasteiger partial charge in [0.25, 0.3) is 0 Å². The molecule has 1 aromatic carbocycles. The molecule has 0 aliphatic carbocycles. The molecule has 5 nitrogen and oxygen atoms in total. The molecular weight excluding hydrogens is 260 g/mol. The molecule has 98 valence electrons. The van der Waals surface area contributed by atoms with Gasteiger partial charge in [-0.2, -0.15) is 0 Å². The number of nitrogens with zero attached hydrogens (tertiary/aromatic N) is 2. The first-order valence-corrected chi connectivity index (χ1v) is 6.82. The van der Waals surface area contributed by atoms with Crippen LogP contribution in [0.2, 0.25) is 0 Å². The fraction of sp³-hybridized carbons (Fsp3) is 0.231. The second-order valence-corrected chi connectivity index (χ2v) is 5.53. The van der Waals surface area contributed by atoms with Crippen LogP contribution in [0, 0.1) is 0 Å². The number of hydrogen-bond donors (Lipinski definition) is 2. The molecule has 0 spiro atoms. The number of nitrogens with two attached hydrogens (primary N) is 1. The van der Waals surface area contributed by atoms with Gasteiger partial charge in [-0.3, -0.25) is 4.79 Å². The summed E-state index contributed by atoms with van der Waals surface area (Å²) in [6.07, 6.45) is 4.95. The average Bonchev–Trinajstić information content (AvgIpc) is 2.76. The van der Waals surface area contributed by atoms with Gasteiger partial charge in [0.15, 0.2) is 5.16 Å². The highest BCUT2D eigenvalue weighted by Gasteiger charge is 2.17. The van der Waals surface area contributed by atoms with Crippen molar-refractivity contribution in [3.05, 3.63) is 30.1 Å². The first-order chi connectivity index (χ1) is 9.13. The van der Waals surface area contributed by atoms with E-state index in [1.165, 1.54) is 11.8 Å². The standard InChI is InChI=1S/C13H14N4OS/c1-17-5-4-15-13(17)19-11-6-8-2-3-12(18)16-10(8)7-9(11)14/h4-7H,2-3,14H2,1H3,(H,16,18). The Morgan fingerprint density at radius 2 is 2.26 bits per heavy atom. The number of nitrogen functional groups attached to an aromatic ring is 1. The number of benzene rings is 1. The molecule has 0 saturated heterocycles. The van der Waals surface area contributed by atoms with Gasteiger partial charge in [0.2, 0.25) is 5.91 Å². The molecule has 0 unspecified atom stereocenters. The van der Waals surface area contributed by atoms with E-state index >= 15 is 0 Å². The summed E-state index contributed by atoms with van der Waals surface area (Å²) in [5.74, 6) is 0.0522. The van der Waals surface area contributed by atoms with Crippen LogP contribution in [-0.2, 0) is 18.3 Å². The van der Waals surface area contributed by atoms with Crippen molar-refractivity contribution < 1.29 is 4.79 Å². The van der Waals surface area contributed by atoms with Crippen LogP contribution >= 0.6 is 11.8 Å². The number of aryl methyl sites for hydroxylation is 2. The van der Waals surface area contributed by atoms with Crippen LogP contribution in [0.5, 0.6) is 0 Å². The first-order valence-electron chi connectivity index (χ1n) is 6.01. The third kappa shape index (κ3) is 2.31. The van der Waals surface area contributed by atoms with Crippen molar-refractivity contribution in [3.63, 3.8) is 0 Å². The van der Waals surface area contributed by atoms with Crippen molar-refractivity contribution in [3.8, 4) is 0 Å². The number of carbonyl (C=O) groups excluding carboxylic acids is 1. The minimum absolute atomic E-state index is 0.0522. The molecule has 0 fully saturated rings. The number of hydrogen-bond acceptors (Lipinski definition) is 4. The van der Waals surface area contributed by atoms with Gasteiger partial charge >= 0.3 is 0 Å². The fourth-order valence-corrected chi connectivity index (χ4v) is 2.95. The summed E-state index contributed by atoms with van der Waals surface area (Å²) in [6, 6.07) is 3.88. The Hall–Kier alpha value is -1.95. The average molecular weight is 274 g/mol. The highest BCUT2D eigenvalue weighted by Crippen LogP contribution is 2.36. The number of rotatable bonds is 2. The molecule has 1 aliphatic rings. The molecule has 3 rings (SSSR count). The maximum absolute atomic E-state index is 11.4. The maximum Gasteiger partial charge on any atom is 0.224 e. The largest absolute Gasteiger partial charge is 0.398 e. The number of fused-ring (bicyclic) bond motifs is 1. The normalized spacial score (nSPS) is 14.1. The number of carbonyl (C=O) groups is 1. The molecule has 1 aliphatic heterocycles. The molecule has 2 heterocycles. The summed E-state index contributed by atoms with van der Waals surface area (Å²) >= 11 is 1.54. The monoisotopic (exact) mass is 274 g/mol. The first kappa shape index (κ1) is 12.1. The van der Waals surface area contributed by atoms with Crippen molar-refractivity contribution >= 4 is 29.0 Å². The van der Waals surface area contributed by atoms with Gasteiger partial charge in [0.05, 0.1) is 0 Å². The molecule has 1 aromatic heterocycles. The van der Waals surface area contributed by atoms with E-state index in [1.54, 1.807) is 6.20 Å². The maximum atomic E-state index is 11.4. The zero-order valence-corrected chi connectivity index (χ0v) is 11.3. The zero-order chi connectivity index (χ0) is 13.4.